The van der Waals surface area contributed by atoms with Crippen molar-refractivity contribution in [2.24, 2.45) is 0 Å². The molecule has 0 saturated carbocycles. The van der Waals surface area contributed by atoms with E-state index in [1.165, 1.54) is 0 Å². The minimum absolute atomic E-state index is 0.186. The first-order chi connectivity index (χ1) is 7.64. The van der Waals surface area contributed by atoms with Gasteiger partial charge in [-0.15, -0.1) is 0 Å². The number of phosphoric ester groups is 1. The number of nitrogens with zero attached hydrogens (tertiary/aromatic N) is 1. The Morgan fingerprint density at radius 2 is 2.06 bits per heavy atom. The lowest BCUT2D eigenvalue weighted by Crippen LogP contribution is -2.43. The first kappa shape index (κ1) is 14.1. The van der Waals surface area contributed by atoms with Gasteiger partial charge in [0.2, 0.25) is 0 Å². The standard InChI is InChI=1S/C9H21N2O4P/c1-2-14-16(12,13)15-9-3-6-11-7-4-10-5-8-11/h10H,2-9H2,1H3,(H,12,13). The number of rotatable bonds is 7. The Kier molecular flexibility index (Phi) is 6.49. The molecule has 1 saturated heterocycles. The largest absolute Gasteiger partial charge is 0.472 e. The van der Waals surface area contributed by atoms with Crippen LogP contribution in [0.4, 0.5) is 0 Å². The molecule has 7 heteroatoms. The Labute approximate surface area is 96.5 Å². The van der Waals surface area contributed by atoms with Crippen molar-refractivity contribution in [3.63, 3.8) is 0 Å². The summed E-state index contributed by atoms with van der Waals surface area (Å²) in [7, 11) is -3.79. The molecule has 0 spiro atoms. The summed E-state index contributed by atoms with van der Waals surface area (Å²) < 4.78 is 20.5. The fourth-order valence-electron chi connectivity index (χ4n) is 1.60. The molecule has 1 unspecified atom stereocenters. The highest BCUT2D eigenvalue weighted by Crippen LogP contribution is 2.42. The van der Waals surface area contributed by atoms with Gasteiger partial charge in [0.1, 0.15) is 0 Å². The summed E-state index contributed by atoms with van der Waals surface area (Å²) in [6.45, 7) is 7.09. The van der Waals surface area contributed by atoms with Gasteiger partial charge in [-0.1, -0.05) is 0 Å². The SMILES string of the molecule is CCOP(=O)(O)OCCCN1CCNCC1. The van der Waals surface area contributed by atoms with E-state index < -0.39 is 7.82 Å². The minimum Gasteiger partial charge on any atom is -0.314 e. The smallest absolute Gasteiger partial charge is 0.314 e. The van der Waals surface area contributed by atoms with E-state index in [2.05, 4.69) is 14.7 Å². The first-order valence-corrected chi connectivity index (χ1v) is 7.18. The van der Waals surface area contributed by atoms with Gasteiger partial charge in [-0.25, -0.2) is 4.57 Å². The van der Waals surface area contributed by atoms with E-state index >= 15 is 0 Å². The predicted molar refractivity (Wildman–Crippen MR) is 61.3 cm³/mol. The van der Waals surface area contributed by atoms with Crippen LogP contribution in [0.25, 0.3) is 0 Å². The number of hydrogen-bond acceptors (Lipinski definition) is 5. The lowest BCUT2D eigenvalue weighted by Gasteiger charge is -2.27. The fraction of sp³-hybridized carbons (Fsp3) is 1.00. The van der Waals surface area contributed by atoms with Gasteiger partial charge in [0.15, 0.2) is 0 Å². The molecule has 0 radical (unpaired) electrons. The molecule has 0 aromatic heterocycles. The highest BCUT2D eigenvalue weighted by atomic mass is 31.2. The maximum Gasteiger partial charge on any atom is 0.472 e. The van der Waals surface area contributed by atoms with Crippen molar-refractivity contribution in [1.29, 1.82) is 0 Å². The number of hydrogen-bond donors (Lipinski definition) is 2. The maximum absolute atomic E-state index is 11.2. The van der Waals surface area contributed by atoms with E-state index in [0.29, 0.717) is 0 Å². The molecule has 0 amide bonds. The summed E-state index contributed by atoms with van der Waals surface area (Å²) >= 11 is 0. The van der Waals surface area contributed by atoms with E-state index in [-0.39, 0.29) is 13.2 Å². The third-order valence-corrected chi connectivity index (χ3v) is 3.47. The third kappa shape index (κ3) is 5.94. The molecule has 2 N–H and O–H groups in total. The molecular weight excluding hydrogens is 231 g/mol. The second-order valence-corrected chi connectivity index (χ2v) is 5.12. The van der Waals surface area contributed by atoms with Crippen LogP contribution >= 0.6 is 7.82 Å². The van der Waals surface area contributed by atoms with E-state index in [4.69, 9.17) is 9.42 Å². The van der Waals surface area contributed by atoms with Crippen LogP contribution in [-0.4, -0.2) is 55.7 Å². The second-order valence-electron chi connectivity index (χ2n) is 3.66. The molecule has 0 aromatic rings. The zero-order valence-corrected chi connectivity index (χ0v) is 10.6. The van der Waals surface area contributed by atoms with Gasteiger partial charge >= 0.3 is 7.82 Å². The van der Waals surface area contributed by atoms with Crippen LogP contribution in [0.2, 0.25) is 0 Å². The Bertz CT molecular complexity index is 234. The van der Waals surface area contributed by atoms with Crippen LogP contribution in [0.1, 0.15) is 13.3 Å². The normalized spacial score (nSPS) is 21.9. The Hall–Kier alpha value is 0.0300. The molecule has 1 aliphatic heterocycles. The summed E-state index contributed by atoms with van der Waals surface area (Å²) in [6, 6.07) is 0. The molecule has 0 aromatic carbocycles. The minimum atomic E-state index is -3.79. The van der Waals surface area contributed by atoms with Crippen LogP contribution in [0.5, 0.6) is 0 Å². The fourth-order valence-corrected chi connectivity index (χ4v) is 2.36. The van der Waals surface area contributed by atoms with Crippen molar-refractivity contribution in [2.75, 3.05) is 45.9 Å². The number of phosphoric acid groups is 1. The summed E-state index contributed by atoms with van der Waals surface area (Å²) in [5, 5.41) is 3.27. The summed E-state index contributed by atoms with van der Waals surface area (Å²) in [5.41, 5.74) is 0. The molecule has 0 bridgehead atoms. The molecule has 1 aliphatic rings. The van der Waals surface area contributed by atoms with E-state index in [0.717, 1.165) is 39.1 Å². The van der Waals surface area contributed by atoms with Crippen molar-refractivity contribution in [2.45, 2.75) is 13.3 Å². The average Bonchev–Trinajstić information content (AvgIpc) is 2.26. The average molecular weight is 252 g/mol. The molecule has 1 rings (SSSR count). The van der Waals surface area contributed by atoms with Crippen molar-refractivity contribution in [3.8, 4) is 0 Å². The van der Waals surface area contributed by atoms with Gasteiger partial charge in [-0.2, -0.15) is 0 Å². The van der Waals surface area contributed by atoms with Crippen molar-refractivity contribution in [3.05, 3.63) is 0 Å². The summed E-state index contributed by atoms with van der Waals surface area (Å²) in [5.74, 6) is 0. The molecule has 1 fully saturated rings. The van der Waals surface area contributed by atoms with Gasteiger partial charge in [0.25, 0.3) is 0 Å². The van der Waals surface area contributed by atoms with E-state index in [1.807, 2.05) is 0 Å². The van der Waals surface area contributed by atoms with Gasteiger partial charge in [0, 0.05) is 32.7 Å². The van der Waals surface area contributed by atoms with E-state index in [9.17, 15) is 4.57 Å². The number of nitrogens with one attached hydrogen (secondary N) is 1. The molecule has 96 valence electrons. The maximum atomic E-state index is 11.2. The van der Waals surface area contributed by atoms with Crippen LogP contribution in [0.15, 0.2) is 0 Å². The van der Waals surface area contributed by atoms with Crippen LogP contribution in [0.3, 0.4) is 0 Å². The Morgan fingerprint density at radius 1 is 1.38 bits per heavy atom. The Balaban J connectivity index is 2.04. The van der Waals surface area contributed by atoms with Gasteiger partial charge in [-0.05, 0) is 13.3 Å². The zero-order chi connectivity index (χ0) is 11.9. The highest BCUT2D eigenvalue weighted by molar-refractivity contribution is 7.47. The van der Waals surface area contributed by atoms with Crippen LogP contribution in [-0.2, 0) is 13.6 Å². The molecule has 6 nitrogen and oxygen atoms in total. The number of piperazine rings is 1. The van der Waals surface area contributed by atoms with Crippen molar-refractivity contribution in [1.82, 2.24) is 10.2 Å². The van der Waals surface area contributed by atoms with Crippen molar-refractivity contribution >= 4 is 7.82 Å². The van der Waals surface area contributed by atoms with Gasteiger partial charge in [0.05, 0.1) is 13.2 Å². The van der Waals surface area contributed by atoms with Crippen LogP contribution < -0.4 is 5.32 Å². The molecule has 1 heterocycles. The summed E-state index contributed by atoms with van der Waals surface area (Å²) in [6.07, 6.45) is 0.748. The third-order valence-electron chi connectivity index (χ3n) is 2.37. The van der Waals surface area contributed by atoms with Gasteiger partial charge < -0.3 is 15.1 Å². The lowest BCUT2D eigenvalue weighted by molar-refractivity contribution is 0.144. The topological polar surface area (TPSA) is 71.0 Å². The van der Waals surface area contributed by atoms with Crippen LogP contribution in [0, 0.1) is 0 Å². The second kappa shape index (κ2) is 7.37. The van der Waals surface area contributed by atoms with Crippen molar-refractivity contribution < 1.29 is 18.5 Å². The first-order valence-electron chi connectivity index (χ1n) is 5.69. The quantitative estimate of drug-likeness (QED) is 0.506. The Morgan fingerprint density at radius 3 is 2.69 bits per heavy atom. The van der Waals surface area contributed by atoms with E-state index in [1.54, 1.807) is 6.92 Å². The monoisotopic (exact) mass is 252 g/mol. The zero-order valence-electron chi connectivity index (χ0n) is 9.72. The highest BCUT2D eigenvalue weighted by Gasteiger charge is 2.19. The molecule has 1 atom stereocenters. The van der Waals surface area contributed by atoms with Gasteiger partial charge in [-0.3, -0.25) is 9.05 Å². The predicted octanol–water partition coefficient (Wildman–Crippen LogP) is 0.435. The molecular formula is C9H21N2O4P. The lowest BCUT2D eigenvalue weighted by atomic mass is 10.3. The molecule has 16 heavy (non-hydrogen) atoms. The summed E-state index contributed by atoms with van der Waals surface area (Å²) in [4.78, 5) is 11.4. The molecule has 0 aliphatic carbocycles.